The molecule has 5 heteroatoms. The van der Waals surface area contributed by atoms with Gasteiger partial charge in [0, 0.05) is 24.7 Å². The fraction of sp³-hybridized carbons (Fsp3) is 0.533. The highest BCUT2D eigenvalue weighted by Crippen LogP contribution is 2.27. The van der Waals surface area contributed by atoms with Crippen LogP contribution in [-0.4, -0.2) is 39.6 Å². The highest BCUT2D eigenvalue weighted by atomic mass is 16.3. The summed E-state index contributed by atoms with van der Waals surface area (Å²) in [5.41, 5.74) is 6.13. The molecule has 1 aliphatic rings. The number of benzene rings is 1. The molecule has 0 saturated heterocycles. The normalized spacial score (nSPS) is 22.5. The molecular weight excluding hydrogens is 256 g/mol. The fourth-order valence-corrected chi connectivity index (χ4v) is 2.84. The van der Waals surface area contributed by atoms with Crippen LogP contribution in [-0.2, 0) is 0 Å². The van der Waals surface area contributed by atoms with Crippen molar-refractivity contribution in [2.45, 2.75) is 44.7 Å². The molecule has 0 aliphatic heterocycles. The summed E-state index contributed by atoms with van der Waals surface area (Å²) in [6.07, 6.45) is 3.66. The maximum Gasteiger partial charge on any atom is 0.257 e. The summed E-state index contributed by atoms with van der Waals surface area (Å²) >= 11 is 0. The summed E-state index contributed by atoms with van der Waals surface area (Å²) in [4.78, 5) is 14.3. The molecule has 110 valence electrons. The standard InChI is InChI=1S/C15H22N2O3/c1-2-17(11-5-3-10(16)4-6-11)15(20)13-8-7-12(18)9-14(13)19/h7-11,18-19H,2-6,16H2,1H3. The second-order valence-electron chi connectivity index (χ2n) is 5.36. The molecule has 0 aromatic heterocycles. The Morgan fingerprint density at radius 2 is 1.95 bits per heavy atom. The lowest BCUT2D eigenvalue weighted by molar-refractivity contribution is 0.0637. The molecule has 1 aromatic rings. The molecule has 0 heterocycles. The van der Waals surface area contributed by atoms with E-state index in [0.717, 1.165) is 25.7 Å². The highest BCUT2D eigenvalue weighted by Gasteiger charge is 2.28. The van der Waals surface area contributed by atoms with E-state index < -0.39 is 0 Å². The smallest absolute Gasteiger partial charge is 0.257 e. The summed E-state index contributed by atoms with van der Waals surface area (Å²) in [6.45, 7) is 2.53. The van der Waals surface area contributed by atoms with Crippen molar-refractivity contribution < 1.29 is 15.0 Å². The Kier molecular flexibility index (Phi) is 4.49. The van der Waals surface area contributed by atoms with Crippen LogP contribution >= 0.6 is 0 Å². The van der Waals surface area contributed by atoms with Gasteiger partial charge in [0.2, 0.25) is 0 Å². The molecule has 1 aromatic carbocycles. The lowest BCUT2D eigenvalue weighted by atomic mass is 9.90. The van der Waals surface area contributed by atoms with Gasteiger partial charge in [-0.25, -0.2) is 0 Å². The Balaban J connectivity index is 2.16. The first kappa shape index (κ1) is 14.7. The van der Waals surface area contributed by atoms with Gasteiger partial charge in [-0.1, -0.05) is 0 Å². The van der Waals surface area contributed by atoms with Gasteiger partial charge in [0.1, 0.15) is 11.5 Å². The Bertz CT molecular complexity index is 482. The largest absolute Gasteiger partial charge is 0.508 e. The monoisotopic (exact) mass is 278 g/mol. The molecule has 0 atom stereocenters. The van der Waals surface area contributed by atoms with Crippen molar-refractivity contribution in [2.24, 2.45) is 5.73 Å². The SMILES string of the molecule is CCN(C(=O)c1ccc(O)cc1O)C1CCC(N)CC1. The third kappa shape index (κ3) is 3.04. The van der Waals surface area contributed by atoms with E-state index in [0.29, 0.717) is 6.54 Å². The summed E-state index contributed by atoms with van der Waals surface area (Å²) in [5, 5.41) is 19.1. The molecule has 0 radical (unpaired) electrons. The number of aromatic hydroxyl groups is 2. The van der Waals surface area contributed by atoms with Crippen LogP contribution < -0.4 is 5.73 Å². The number of carbonyl (C=O) groups excluding carboxylic acids is 1. The van der Waals surface area contributed by atoms with E-state index in [-0.39, 0.29) is 35.1 Å². The van der Waals surface area contributed by atoms with Crippen molar-refractivity contribution in [3.8, 4) is 11.5 Å². The van der Waals surface area contributed by atoms with Crippen molar-refractivity contribution in [2.75, 3.05) is 6.54 Å². The number of hydrogen-bond acceptors (Lipinski definition) is 4. The molecule has 0 bridgehead atoms. The lowest BCUT2D eigenvalue weighted by Gasteiger charge is -2.35. The average molecular weight is 278 g/mol. The Morgan fingerprint density at radius 3 is 2.50 bits per heavy atom. The molecular formula is C15H22N2O3. The van der Waals surface area contributed by atoms with E-state index in [1.807, 2.05) is 6.92 Å². The topological polar surface area (TPSA) is 86.8 Å². The molecule has 0 spiro atoms. The van der Waals surface area contributed by atoms with Crippen LogP contribution in [0.25, 0.3) is 0 Å². The van der Waals surface area contributed by atoms with Gasteiger partial charge in [-0.15, -0.1) is 0 Å². The second-order valence-corrected chi connectivity index (χ2v) is 5.36. The van der Waals surface area contributed by atoms with Gasteiger partial charge in [-0.3, -0.25) is 4.79 Å². The molecule has 4 N–H and O–H groups in total. The van der Waals surface area contributed by atoms with Crippen LogP contribution in [0.3, 0.4) is 0 Å². The average Bonchev–Trinajstić information content (AvgIpc) is 2.41. The van der Waals surface area contributed by atoms with Crippen LogP contribution in [0, 0.1) is 0 Å². The van der Waals surface area contributed by atoms with E-state index in [9.17, 15) is 15.0 Å². The fourth-order valence-electron chi connectivity index (χ4n) is 2.84. The van der Waals surface area contributed by atoms with Crippen LogP contribution in [0.15, 0.2) is 18.2 Å². The van der Waals surface area contributed by atoms with Crippen molar-refractivity contribution in [1.29, 1.82) is 0 Å². The minimum absolute atomic E-state index is 0.0502. The van der Waals surface area contributed by atoms with Crippen LogP contribution in [0.2, 0.25) is 0 Å². The number of amides is 1. The molecule has 1 amide bonds. The van der Waals surface area contributed by atoms with Gasteiger partial charge >= 0.3 is 0 Å². The van der Waals surface area contributed by atoms with Crippen LogP contribution in [0.5, 0.6) is 11.5 Å². The third-order valence-corrected chi connectivity index (χ3v) is 4.00. The summed E-state index contributed by atoms with van der Waals surface area (Å²) in [5.74, 6) is -0.419. The zero-order valence-corrected chi connectivity index (χ0v) is 11.7. The van der Waals surface area contributed by atoms with Gasteiger partial charge in [-0.05, 0) is 44.7 Å². The van der Waals surface area contributed by atoms with Crippen molar-refractivity contribution in [3.05, 3.63) is 23.8 Å². The maximum atomic E-state index is 12.5. The van der Waals surface area contributed by atoms with E-state index >= 15 is 0 Å². The minimum Gasteiger partial charge on any atom is -0.508 e. The highest BCUT2D eigenvalue weighted by molar-refractivity contribution is 5.97. The predicted molar refractivity (Wildman–Crippen MR) is 76.7 cm³/mol. The van der Waals surface area contributed by atoms with Gasteiger partial charge < -0.3 is 20.8 Å². The number of nitrogens with two attached hydrogens (primary N) is 1. The van der Waals surface area contributed by atoms with Gasteiger partial charge in [-0.2, -0.15) is 0 Å². The first-order valence-electron chi connectivity index (χ1n) is 7.11. The molecule has 1 aliphatic carbocycles. The first-order valence-corrected chi connectivity index (χ1v) is 7.11. The number of phenols is 2. The van der Waals surface area contributed by atoms with Gasteiger partial charge in [0.05, 0.1) is 5.56 Å². The Labute approximate surface area is 119 Å². The minimum atomic E-state index is -0.189. The van der Waals surface area contributed by atoms with Crippen molar-refractivity contribution in [3.63, 3.8) is 0 Å². The summed E-state index contributed by atoms with van der Waals surface area (Å²) < 4.78 is 0. The third-order valence-electron chi connectivity index (χ3n) is 4.00. The molecule has 1 fully saturated rings. The predicted octanol–water partition coefficient (Wildman–Crippen LogP) is 1.83. The second kappa shape index (κ2) is 6.13. The number of carbonyl (C=O) groups is 1. The number of rotatable bonds is 3. The van der Waals surface area contributed by atoms with E-state index in [1.54, 1.807) is 4.90 Å². The van der Waals surface area contributed by atoms with Gasteiger partial charge in [0.15, 0.2) is 0 Å². The zero-order chi connectivity index (χ0) is 14.7. The summed E-state index contributed by atoms with van der Waals surface area (Å²) in [7, 11) is 0. The Hall–Kier alpha value is -1.75. The molecule has 20 heavy (non-hydrogen) atoms. The van der Waals surface area contributed by atoms with Gasteiger partial charge in [0.25, 0.3) is 5.91 Å². The molecule has 1 saturated carbocycles. The first-order chi connectivity index (χ1) is 9.52. The number of hydrogen-bond donors (Lipinski definition) is 3. The zero-order valence-electron chi connectivity index (χ0n) is 11.7. The van der Waals surface area contributed by atoms with Crippen LogP contribution in [0.4, 0.5) is 0 Å². The van der Waals surface area contributed by atoms with E-state index in [4.69, 9.17) is 5.73 Å². The number of nitrogens with zero attached hydrogens (tertiary/aromatic N) is 1. The lowest BCUT2D eigenvalue weighted by Crippen LogP contribution is -2.44. The van der Waals surface area contributed by atoms with Crippen LogP contribution in [0.1, 0.15) is 43.0 Å². The number of phenolic OH excluding ortho intramolecular Hbond substituents is 2. The van der Waals surface area contributed by atoms with E-state index in [1.165, 1.54) is 18.2 Å². The summed E-state index contributed by atoms with van der Waals surface area (Å²) in [6, 6.07) is 4.49. The van der Waals surface area contributed by atoms with Crippen molar-refractivity contribution in [1.82, 2.24) is 4.90 Å². The van der Waals surface area contributed by atoms with E-state index in [2.05, 4.69) is 0 Å². The molecule has 2 rings (SSSR count). The molecule has 5 nitrogen and oxygen atoms in total. The Morgan fingerprint density at radius 1 is 1.30 bits per heavy atom. The van der Waals surface area contributed by atoms with Crippen molar-refractivity contribution >= 4 is 5.91 Å². The maximum absolute atomic E-state index is 12.5. The molecule has 0 unspecified atom stereocenters. The quantitative estimate of drug-likeness (QED) is 0.787.